The number of aromatic nitrogens is 1. The number of benzene rings is 1. The van der Waals surface area contributed by atoms with E-state index in [1.165, 1.54) is 22.7 Å². The SMILES string of the molecule is CCOC(=O)c1cc(C#N)c(SCCN2C(=O)c3ccccc3C2=O)nc1C. The Bertz CT molecular complexity index is 978. The number of thioether (sulfide) groups is 1. The summed E-state index contributed by atoms with van der Waals surface area (Å²) in [5.41, 5.74) is 1.77. The quantitative estimate of drug-likeness (QED) is 0.421. The number of hydrogen-bond acceptors (Lipinski definition) is 7. The van der Waals surface area contributed by atoms with Crippen LogP contribution in [0.3, 0.4) is 0 Å². The summed E-state index contributed by atoms with van der Waals surface area (Å²) in [5, 5.41) is 9.83. The third kappa shape index (κ3) is 3.62. The molecule has 0 aliphatic carbocycles. The van der Waals surface area contributed by atoms with Crippen molar-refractivity contribution in [3.63, 3.8) is 0 Å². The van der Waals surface area contributed by atoms with Gasteiger partial charge in [0.15, 0.2) is 0 Å². The van der Waals surface area contributed by atoms with E-state index in [0.29, 0.717) is 27.6 Å². The molecule has 0 spiro atoms. The number of nitrogens with zero attached hydrogens (tertiary/aromatic N) is 3. The van der Waals surface area contributed by atoms with E-state index in [-0.39, 0.29) is 36.1 Å². The maximum absolute atomic E-state index is 12.4. The maximum Gasteiger partial charge on any atom is 0.340 e. The van der Waals surface area contributed by atoms with Crippen LogP contribution in [0, 0.1) is 18.3 Å². The Labute approximate surface area is 166 Å². The van der Waals surface area contributed by atoms with Crippen LogP contribution < -0.4 is 0 Å². The summed E-state index contributed by atoms with van der Waals surface area (Å²) in [6.07, 6.45) is 0. The molecule has 0 radical (unpaired) electrons. The van der Waals surface area contributed by atoms with Gasteiger partial charge in [0.2, 0.25) is 0 Å². The van der Waals surface area contributed by atoms with Crippen molar-refractivity contribution in [3.05, 3.63) is 58.3 Å². The van der Waals surface area contributed by atoms with Gasteiger partial charge >= 0.3 is 5.97 Å². The Balaban J connectivity index is 1.71. The Kier molecular flexibility index (Phi) is 5.76. The number of aryl methyl sites for hydroxylation is 1. The summed E-state index contributed by atoms with van der Waals surface area (Å²) in [4.78, 5) is 42.3. The topological polar surface area (TPSA) is 100 Å². The highest BCUT2D eigenvalue weighted by Gasteiger charge is 2.34. The molecule has 3 rings (SSSR count). The number of amides is 2. The average molecular weight is 395 g/mol. The molecular formula is C20H17N3O4S. The van der Waals surface area contributed by atoms with Gasteiger partial charge in [-0.3, -0.25) is 14.5 Å². The molecule has 0 unspecified atom stereocenters. The van der Waals surface area contributed by atoms with Crippen LogP contribution in [0.15, 0.2) is 35.4 Å². The molecule has 1 aliphatic rings. The first-order valence-corrected chi connectivity index (χ1v) is 9.63. The van der Waals surface area contributed by atoms with Crippen molar-refractivity contribution < 1.29 is 19.1 Å². The molecule has 0 atom stereocenters. The van der Waals surface area contributed by atoms with Crippen molar-refractivity contribution in [2.24, 2.45) is 0 Å². The molecule has 28 heavy (non-hydrogen) atoms. The first-order chi connectivity index (χ1) is 13.5. The van der Waals surface area contributed by atoms with Crippen LogP contribution in [-0.4, -0.2) is 46.6 Å². The van der Waals surface area contributed by atoms with Crippen LogP contribution in [-0.2, 0) is 4.74 Å². The number of rotatable bonds is 6. The number of carbonyl (C=O) groups is 3. The van der Waals surface area contributed by atoms with Crippen molar-refractivity contribution in [1.82, 2.24) is 9.88 Å². The first kappa shape index (κ1) is 19.6. The lowest BCUT2D eigenvalue weighted by Gasteiger charge is -2.14. The molecule has 2 heterocycles. The molecule has 7 nitrogen and oxygen atoms in total. The van der Waals surface area contributed by atoms with E-state index in [2.05, 4.69) is 4.98 Å². The second-order valence-electron chi connectivity index (χ2n) is 5.96. The highest BCUT2D eigenvalue weighted by atomic mass is 32.2. The van der Waals surface area contributed by atoms with Gasteiger partial charge in [0.25, 0.3) is 11.8 Å². The second kappa shape index (κ2) is 8.23. The van der Waals surface area contributed by atoms with E-state index in [4.69, 9.17) is 4.74 Å². The highest BCUT2D eigenvalue weighted by Crippen LogP contribution is 2.26. The van der Waals surface area contributed by atoms with Crippen molar-refractivity contribution in [3.8, 4) is 6.07 Å². The molecule has 0 fully saturated rings. The van der Waals surface area contributed by atoms with Gasteiger partial charge in [-0.2, -0.15) is 5.26 Å². The number of imide groups is 1. The minimum absolute atomic E-state index is 0.197. The molecule has 142 valence electrons. The fraction of sp³-hybridized carbons (Fsp3) is 0.250. The largest absolute Gasteiger partial charge is 0.462 e. The van der Waals surface area contributed by atoms with Gasteiger partial charge in [0.1, 0.15) is 11.1 Å². The predicted molar refractivity (Wildman–Crippen MR) is 102 cm³/mol. The van der Waals surface area contributed by atoms with Crippen LogP contribution in [0.5, 0.6) is 0 Å². The number of hydrogen-bond donors (Lipinski definition) is 0. The van der Waals surface area contributed by atoms with Crippen molar-refractivity contribution in [2.45, 2.75) is 18.9 Å². The summed E-state index contributed by atoms with van der Waals surface area (Å²) >= 11 is 1.26. The molecule has 0 saturated heterocycles. The molecule has 1 aromatic carbocycles. The van der Waals surface area contributed by atoms with E-state index in [0.717, 1.165) is 0 Å². The standard InChI is InChI=1S/C20H17N3O4S/c1-3-27-20(26)16-10-13(11-21)17(22-12(16)2)28-9-8-23-18(24)14-6-4-5-7-15(14)19(23)25/h4-7,10H,3,8-9H2,1-2H3. The molecule has 0 bridgehead atoms. The monoisotopic (exact) mass is 395 g/mol. The van der Waals surface area contributed by atoms with E-state index in [1.54, 1.807) is 38.1 Å². The van der Waals surface area contributed by atoms with Crippen LogP contribution in [0.1, 0.15) is 49.3 Å². The molecule has 8 heteroatoms. The third-order valence-electron chi connectivity index (χ3n) is 4.23. The van der Waals surface area contributed by atoms with Crippen LogP contribution in [0.4, 0.5) is 0 Å². The molecule has 1 aromatic heterocycles. The van der Waals surface area contributed by atoms with Crippen molar-refractivity contribution >= 4 is 29.5 Å². The Morgan fingerprint density at radius 2 is 1.89 bits per heavy atom. The minimum atomic E-state index is -0.522. The smallest absolute Gasteiger partial charge is 0.340 e. The molecule has 2 amide bonds. The predicted octanol–water partition coefficient (Wildman–Crippen LogP) is 2.83. The van der Waals surface area contributed by atoms with E-state index >= 15 is 0 Å². The second-order valence-corrected chi connectivity index (χ2v) is 7.05. The first-order valence-electron chi connectivity index (χ1n) is 8.64. The van der Waals surface area contributed by atoms with Gasteiger partial charge in [-0.25, -0.2) is 9.78 Å². The summed E-state index contributed by atoms with van der Waals surface area (Å²) in [7, 11) is 0. The molecule has 0 saturated carbocycles. The fourth-order valence-electron chi connectivity index (χ4n) is 2.86. The molecule has 1 aliphatic heterocycles. The van der Waals surface area contributed by atoms with Gasteiger partial charge in [-0.15, -0.1) is 11.8 Å². The summed E-state index contributed by atoms with van der Waals surface area (Å²) in [6.45, 7) is 3.80. The Morgan fingerprint density at radius 3 is 2.46 bits per heavy atom. The third-order valence-corrected chi connectivity index (χ3v) is 5.20. The lowest BCUT2D eigenvalue weighted by molar-refractivity contribution is 0.0523. The normalized spacial score (nSPS) is 12.7. The zero-order valence-electron chi connectivity index (χ0n) is 15.4. The number of esters is 1. The number of fused-ring (bicyclic) bond motifs is 1. The molecule has 2 aromatic rings. The number of carbonyl (C=O) groups excluding carboxylic acids is 3. The fourth-order valence-corrected chi connectivity index (χ4v) is 3.79. The van der Waals surface area contributed by atoms with E-state index < -0.39 is 5.97 Å². The molecule has 0 N–H and O–H groups in total. The zero-order valence-corrected chi connectivity index (χ0v) is 16.2. The van der Waals surface area contributed by atoms with Crippen LogP contribution in [0.2, 0.25) is 0 Å². The Hall–Kier alpha value is -3.18. The number of nitriles is 1. The van der Waals surface area contributed by atoms with E-state index in [9.17, 15) is 19.6 Å². The van der Waals surface area contributed by atoms with Gasteiger partial charge < -0.3 is 4.74 Å². The van der Waals surface area contributed by atoms with E-state index in [1.807, 2.05) is 6.07 Å². The Morgan fingerprint density at radius 1 is 1.25 bits per heavy atom. The zero-order chi connectivity index (χ0) is 20.3. The summed E-state index contributed by atoms with van der Waals surface area (Å²) in [5.74, 6) is -0.774. The number of ether oxygens (including phenoxy) is 1. The highest BCUT2D eigenvalue weighted by molar-refractivity contribution is 7.99. The van der Waals surface area contributed by atoms with Crippen molar-refractivity contribution in [2.75, 3.05) is 18.9 Å². The van der Waals surface area contributed by atoms with Gasteiger partial charge in [-0.1, -0.05) is 12.1 Å². The summed E-state index contributed by atoms with van der Waals surface area (Å²) < 4.78 is 4.97. The maximum atomic E-state index is 12.4. The number of pyridine rings is 1. The summed E-state index contributed by atoms with van der Waals surface area (Å²) in [6, 6.07) is 10.2. The molecular weight excluding hydrogens is 378 g/mol. The van der Waals surface area contributed by atoms with Crippen LogP contribution >= 0.6 is 11.8 Å². The average Bonchev–Trinajstić information content (AvgIpc) is 2.93. The van der Waals surface area contributed by atoms with Gasteiger partial charge in [0.05, 0.1) is 34.6 Å². The lowest BCUT2D eigenvalue weighted by Crippen LogP contribution is -2.31. The van der Waals surface area contributed by atoms with Gasteiger partial charge in [0, 0.05) is 12.3 Å². The van der Waals surface area contributed by atoms with Gasteiger partial charge in [-0.05, 0) is 32.0 Å². The minimum Gasteiger partial charge on any atom is -0.462 e. The van der Waals surface area contributed by atoms with Crippen molar-refractivity contribution in [1.29, 1.82) is 5.26 Å². The van der Waals surface area contributed by atoms with Crippen LogP contribution in [0.25, 0.3) is 0 Å². The lowest BCUT2D eigenvalue weighted by atomic mass is 10.1.